The molecule has 5 nitrogen and oxygen atoms in total. The van der Waals surface area contributed by atoms with Crippen LogP contribution in [0.15, 0.2) is 0 Å². The lowest BCUT2D eigenvalue weighted by atomic mass is 10.2. The number of ether oxygens (including phenoxy) is 1. The molecule has 0 aliphatic carbocycles. The molecule has 104 valence electrons. The number of nitrogens with zero attached hydrogens (tertiary/aromatic N) is 2. The van der Waals surface area contributed by atoms with E-state index in [0.717, 1.165) is 39.3 Å². The van der Waals surface area contributed by atoms with E-state index >= 15 is 0 Å². The summed E-state index contributed by atoms with van der Waals surface area (Å²) in [5.74, 6) is 0. The highest BCUT2D eigenvalue weighted by Gasteiger charge is 2.29. The maximum absolute atomic E-state index is 11.9. The van der Waals surface area contributed by atoms with E-state index < -0.39 is 5.60 Å². The predicted octanol–water partition coefficient (Wildman–Crippen LogP) is 0.901. The minimum atomic E-state index is -0.399. The molecule has 0 saturated carbocycles. The van der Waals surface area contributed by atoms with Gasteiger partial charge >= 0.3 is 6.09 Å². The molecule has 2 fully saturated rings. The van der Waals surface area contributed by atoms with Crippen LogP contribution in [0.25, 0.3) is 0 Å². The average Bonchev–Trinajstić information content (AvgIpc) is 2.80. The standard InChI is InChI=1S/C13H25N3O2/c1-13(2,3)18-12(17)16-8-6-15(7-9-16)11-4-5-14-10-11/h11,14H,4-10H2,1-3H3/t11-/m1/s1. The molecule has 0 aromatic heterocycles. The molecule has 1 atom stereocenters. The zero-order valence-electron chi connectivity index (χ0n) is 11.7. The van der Waals surface area contributed by atoms with Crippen molar-refractivity contribution < 1.29 is 9.53 Å². The molecule has 18 heavy (non-hydrogen) atoms. The minimum absolute atomic E-state index is 0.174. The van der Waals surface area contributed by atoms with Gasteiger partial charge in [-0.1, -0.05) is 0 Å². The van der Waals surface area contributed by atoms with Gasteiger partial charge in [-0.3, -0.25) is 4.90 Å². The van der Waals surface area contributed by atoms with Crippen LogP contribution < -0.4 is 5.32 Å². The number of nitrogens with one attached hydrogen (secondary N) is 1. The van der Waals surface area contributed by atoms with Gasteiger partial charge in [0.1, 0.15) is 5.60 Å². The molecule has 2 saturated heterocycles. The van der Waals surface area contributed by atoms with Crippen LogP contribution in [0.2, 0.25) is 0 Å². The number of carbonyl (C=O) groups excluding carboxylic acids is 1. The zero-order chi connectivity index (χ0) is 13.2. The van der Waals surface area contributed by atoms with Crippen LogP contribution in [0.3, 0.4) is 0 Å². The second kappa shape index (κ2) is 5.45. The van der Waals surface area contributed by atoms with Gasteiger partial charge in [0.25, 0.3) is 0 Å². The van der Waals surface area contributed by atoms with Gasteiger partial charge in [0.15, 0.2) is 0 Å². The number of amides is 1. The van der Waals surface area contributed by atoms with Crippen molar-refractivity contribution in [3.8, 4) is 0 Å². The first-order valence-corrected chi connectivity index (χ1v) is 6.88. The van der Waals surface area contributed by atoms with Crippen LogP contribution in [0.4, 0.5) is 4.79 Å². The first kappa shape index (κ1) is 13.6. The molecule has 0 unspecified atom stereocenters. The van der Waals surface area contributed by atoms with E-state index in [1.165, 1.54) is 6.42 Å². The predicted molar refractivity (Wildman–Crippen MR) is 70.7 cm³/mol. The summed E-state index contributed by atoms with van der Waals surface area (Å²) in [7, 11) is 0. The smallest absolute Gasteiger partial charge is 0.410 e. The van der Waals surface area contributed by atoms with E-state index in [4.69, 9.17) is 4.74 Å². The highest BCUT2D eigenvalue weighted by molar-refractivity contribution is 5.68. The number of hydrogen-bond acceptors (Lipinski definition) is 4. The Kier molecular flexibility index (Phi) is 4.12. The summed E-state index contributed by atoms with van der Waals surface area (Å²) < 4.78 is 5.39. The van der Waals surface area contributed by atoms with Crippen molar-refractivity contribution in [1.82, 2.24) is 15.1 Å². The van der Waals surface area contributed by atoms with Crippen molar-refractivity contribution in [3.63, 3.8) is 0 Å². The summed E-state index contributed by atoms with van der Waals surface area (Å²) in [6.07, 6.45) is 1.05. The van der Waals surface area contributed by atoms with Crippen molar-refractivity contribution in [2.75, 3.05) is 39.3 Å². The van der Waals surface area contributed by atoms with Crippen molar-refractivity contribution >= 4 is 6.09 Å². The van der Waals surface area contributed by atoms with E-state index in [-0.39, 0.29) is 6.09 Å². The van der Waals surface area contributed by atoms with Crippen molar-refractivity contribution in [2.45, 2.75) is 38.8 Å². The second-order valence-electron chi connectivity index (χ2n) is 6.15. The fourth-order valence-electron chi connectivity index (χ4n) is 2.55. The first-order chi connectivity index (χ1) is 8.46. The summed E-state index contributed by atoms with van der Waals surface area (Å²) in [4.78, 5) is 16.2. The van der Waals surface area contributed by atoms with Gasteiger partial charge in [-0.25, -0.2) is 4.79 Å². The molecule has 0 radical (unpaired) electrons. The summed E-state index contributed by atoms with van der Waals surface area (Å²) in [5, 5.41) is 3.39. The van der Waals surface area contributed by atoms with Crippen LogP contribution in [0, 0.1) is 0 Å². The van der Waals surface area contributed by atoms with Gasteiger partial charge in [0, 0.05) is 38.8 Å². The lowest BCUT2D eigenvalue weighted by Crippen LogP contribution is -2.53. The number of rotatable bonds is 1. The highest BCUT2D eigenvalue weighted by atomic mass is 16.6. The molecule has 2 aliphatic rings. The summed E-state index contributed by atoms with van der Waals surface area (Å²) in [6, 6.07) is 0.658. The first-order valence-electron chi connectivity index (χ1n) is 6.88. The molecule has 0 spiro atoms. The van der Waals surface area contributed by atoms with Gasteiger partial charge in [-0.05, 0) is 33.7 Å². The molecule has 0 aromatic carbocycles. The van der Waals surface area contributed by atoms with Crippen LogP contribution in [0.1, 0.15) is 27.2 Å². The van der Waals surface area contributed by atoms with Crippen LogP contribution >= 0.6 is 0 Å². The molecule has 2 aliphatic heterocycles. The Bertz CT molecular complexity index is 287. The molecule has 2 heterocycles. The molecular formula is C13H25N3O2. The van der Waals surface area contributed by atoms with Crippen molar-refractivity contribution in [2.24, 2.45) is 0 Å². The summed E-state index contributed by atoms with van der Waals surface area (Å²) in [6.45, 7) is 11.4. The van der Waals surface area contributed by atoms with Gasteiger partial charge < -0.3 is 15.0 Å². The van der Waals surface area contributed by atoms with E-state index in [9.17, 15) is 4.79 Å². The summed E-state index contributed by atoms with van der Waals surface area (Å²) in [5.41, 5.74) is -0.399. The highest BCUT2D eigenvalue weighted by Crippen LogP contribution is 2.15. The quantitative estimate of drug-likeness (QED) is 0.756. The van der Waals surface area contributed by atoms with Gasteiger partial charge in [-0.2, -0.15) is 0 Å². The minimum Gasteiger partial charge on any atom is -0.444 e. The number of carbonyl (C=O) groups is 1. The van der Waals surface area contributed by atoms with E-state index in [1.54, 1.807) is 0 Å². The zero-order valence-corrected chi connectivity index (χ0v) is 11.7. The Hall–Kier alpha value is -0.810. The Balaban J connectivity index is 1.77. The molecule has 1 N–H and O–H groups in total. The van der Waals surface area contributed by atoms with E-state index in [1.807, 2.05) is 25.7 Å². The fraction of sp³-hybridized carbons (Fsp3) is 0.923. The Morgan fingerprint density at radius 1 is 1.22 bits per heavy atom. The lowest BCUT2D eigenvalue weighted by molar-refractivity contribution is 0.0112. The maximum atomic E-state index is 11.9. The van der Waals surface area contributed by atoms with Crippen LogP contribution in [-0.2, 0) is 4.74 Å². The second-order valence-corrected chi connectivity index (χ2v) is 6.15. The fourth-order valence-corrected chi connectivity index (χ4v) is 2.55. The van der Waals surface area contributed by atoms with Crippen molar-refractivity contribution in [3.05, 3.63) is 0 Å². The third kappa shape index (κ3) is 3.59. The largest absolute Gasteiger partial charge is 0.444 e. The van der Waals surface area contributed by atoms with Crippen LogP contribution in [-0.4, -0.2) is 66.8 Å². The SMILES string of the molecule is CC(C)(C)OC(=O)N1CCN([C@@H]2CCNC2)CC1. The molecule has 1 amide bonds. The number of hydrogen-bond donors (Lipinski definition) is 1. The third-order valence-corrected chi connectivity index (χ3v) is 3.52. The van der Waals surface area contributed by atoms with Crippen LogP contribution in [0.5, 0.6) is 0 Å². The van der Waals surface area contributed by atoms with Gasteiger partial charge in [0.2, 0.25) is 0 Å². The monoisotopic (exact) mass is 255 g/mol. The van der Waals surface area contributed by atoms with Gasteiger partial charge in [0.05, 0.1) is 0 Å². The molecule has 5 heteroatoms. The molecule has 2 rings (SSSR count). The Morgan fingerprint density at radius 2 is 1.89 bits per heavy atom. The number of piperazine rings is 1. The topological polar surface area (TPSA) is 44.8 Å². The van der Waals surface area contributed by atoms with E-state index in [0.29, 0.717) is 6.04 Å². The van der Waals surface area contributed by atoms with Gasteiger partial charge in [-0.15, -0.1) is 0 Å². The average molecular weight is 255 g/mol. The molecular weight excluding hydrogens is 230 g/mol. The van der Waals surface area contributed by atoms with E-state index in [2.05, 4.69) is 10.2 Å². The third-order valence-electron chi connectivity index (χ3n) is 3.52. The Morgan fingerprint density at radius 3 is 2.39 bits per heavy atom. The lowest BCUT2D eigenvalue weighted by Gasteiger charge is -2.38. The summed E-state index contributed by atoms with van der Waals surface area (Å²) >= 11 is 0. The Labute approximate surface area is 109 Å². The maximum Gasteiger partial charge on any atom is 0.410 e. The molecule has 0 aromatic rings. The van der Waals surface area contributed by atoms with Crippen molar-refractivity contribution in [1.29, 1.82) is 0 Å². The molecule has 0 bridgehead atoms. The normalized spacial score (nSPS) is 26.4.